The van der Waals surface area contributed by atoms with Crippen molar-refractivity contribution in [3.8, 4) is 11.1 Å². The molecule has 3 aromatic carbocycles. The lowest BCUT2D eigenvalue weighted by atomic mass is 9.98. The molecule has 0 radical (unpaired) electrons. The Balaban J connectivity index is 1.44. The van der Waals surface area contributed by atoms with E-state index in [2.05, 4.69) is 17.4 Å². The Labute approximate surface area is 185 Å². The summed E-state index contributed by atoms with van der Waals surface area (Å²) >= 11 is 6.19. The second kappa shape index (κ2) is 9.23. The average Bonchev–Trinajstić information content (AvgIpc) is 3.07. The highest BCUT2D eigenvalue weighted by Crippen LogP contribution is 2.44. The molecule has 1 amide bonds. The van der Waals surface area contributed by atoms with Crippen LogP contribution in [0.4, 0.5) is 4.79 Å². The Morgan fingerprint density at radius 2 is 1.52 bits per heavy atom. The number of amides is 1. The molecule has 1 atom stereocenters. The van der Waals surface area contributed by atoms with Gasteiger partial charge in [0.25, 0.3) is 0 Å². The fourth-order valence-electron chi connectivity index (χ4n) is 4.12. The number of ether oxygens (including phenoxy) is 1. The number of carbonyl (C=O) groups excluding carboxylic acids is 1. The van der Waals surface area contributed by atoms with E-state index in [-0.39, 0.29) is 18.9 Å². The Morgan fingerprint density at radius 1 is 0.935 bits per heavy atom. The van der Waals surface area contributed by atoms with Crippen molar-refractivity contribution in [3.05, 3.63) is 94.5 Å². The number of hydrogen-bond donors (Lipinski definition) is 2. The van der Waals surface area contributed by atoms with Gasteiger partial charge >= 0.3 is 12.1 Å². The maximum atomic E-state index is 12.5. The summed E-state index contributed by atoms with van der Waals surface area (Å²) < 4.78 is 5.54. The first-order chi connectivity index (χ1) is 15.0. The molecule has 158 valence electrons. The summed E-state index contributed by atoms with van der Waals surface area (Å²) in [5, 5.41) is 12.5. The second-order valence-electron chi connectivity index (χ2n) is 7.56. The average molecular weight is 436 g/mol. The van der Waals surface area contributed by atoms with Crippen molar-refractivity contribution in [2.45, 2.75) is 24.8 Å². The highest BCUT2D eigenvalue weighted by molar-refractivity contribution is 6.31. The molecule has 0 saturated heterocycles. The van der Waals surface area contributed by atoms with E-state index in [1.807, 2.05) is 48.5 Å². The quantitative estimate of drug-likeness (QED) is 0.530. The van der Waals surface area contributed by atoms with Crippen molar-refractivity contribution >= 4 is 23.7 Å². The van der Waals surface area contributed by atoms with E-state index in [4.69, 9.17) is 16.3 Å². The Bertz CT molecular complexity index is 1070. The molecule has 6 heteroatoms. The highest BCUT2D eigenvalue weighted by Gasteiger charge is 2.29. The molecule has 0 bridgehead atoms. The number of aliphatic carboxylic acids is 1. The monoisotopic (exact) mass is 435 g/mol. The van der Waals surface area contributed by atoms with Gasteiger partial charge in [-0.3, -0.25) is 4.79 Å². The molecule has 0 saturated carbocycles. The van der Waals surface area contributed by atoms with Crippen LogP contribution in [0.3, 0.4) is 0 Å². The molecule has 2 N–H and O–H groups in total. The minimum atomic E-state index is -1.00. The minimum absolute atomic E-state index is 0.0559. The first kappa shape index (κ1) is 20.9. The van der Waals surface area contributed by atoms with E-state index in [1.165, 1.54) is 0 Å². The lowest BCUT2D eigenvalue weighted by Crippen LogP contribution is -2.39. The van der Waals surface area contributed by atoms with Crippen LogP contribution in [0.1, 0.15) is 29.0 Å². The third-order valence-electron chi connectivity index (χ3n) is 5.51. The third kappa shape index (κ3) is 4.72. The number of carboxylic acid groups (broad SMARTS) is 1. The summed E-state index contributed by atoms with van der Waals surface area (Å²) in [6.07, 6.45) is -0.564. The minimum Gasteiger partial charge on any atom is -0.481 e. The summed E-state index contributed by atoms with van der Waals surface area (Å²) in [6.45, 7) is 0.172. The number of rotatable bonds is 7. The van der Waals surface area contributed by atoms with Crippen LogP contribution in [-0.4, -0.2) is 29.8 Å². The number of benzene rings is 3. The zero-order valence-electron chi connectivity index (χ0n) is 16.8. The van der Waals surface area contributed by atoms with E-state index in [1.54, 1.807) is 12.1 Å². The molecule has 5 nitrogen and oxygen atoms in total. The summed E-state index contributed by atoms with van der Waals surface area (Å²) in [5.41, 5.74) is 5.31. The van der Waals surface area contributed by atoms with Gasteiger partial charge in [0.15, 0.2) is 0 Å². The number of carbonyl (C=O) groups is 2. The number of halogens is 1. The molecule has 0 aromatic heterocycles. The summed E-state index contributed by atoms with van der Waals surface area (Å²) in [5.74, 6) is -1.06. The van der Waals surface area contributed by atoms with Gasteiger partial charge in [-0.15, -0.1) is 0 Å². The number of hydrogen-bond acceptors (Lipinski definition) is 3. The van der Waals surface area contributed by atoms with Crippen LogP contribution in [0, 0.1) is 0 Å². The van der Waals surface area contributed by atoms with Gasteiger partial charge in [0.05, 0.1) is 6.42 Å². The molecule has 0 fully saturated rings. The molecule has 0 heterocycles. The molecule has 31 heavy (non-hydrogen) atoms. The van der Waals surface area contributed by atoms with Gasteiger partial charge in [0.1, 0.15) is 6.61 Å². The highest BCUT2D eigenvalue weighted by atomic mass is 35.5. The molecule has 0 aliphatic heterocycles. The summed E-state index contributed by atoms with van der Waals surface area (Å²) in [4.78, 5) is 23.8. The Hall–Kier alpha value is -3.31. The van der Waals surface area contributed by atoms with Crippen LogP contribution < -0.4 is 5.32 Å². The van der Waals surface area contributed by atoms with Gasteiger partial charge in [0, 0.05) is 17.0 Å². The van der Waals surface area contributed by atoms with E-state index >= 15 is 0 Å². The lowest BCUT2D eigenvalue weighted by molar-refractivity contribution is -0.137. The van der Waals surface area contributed by atoms with Crippen LogP contribution in [0.25, 0.3) is 11.1 Å². The first-order valence-corrected chi connectivity index (χ1v) is 10.5. The molecular formula is C25H22ClNO4. The van der Waals surface area contributed by atoms with Gasteiger partial charge in [0.2, 0.25) is 0 Å². The second-order valence-corrected chi connectivity index (χ2v) is 7.97. The topological polar surface area (TPSA) is 75.6 Å². The van der Waals surface area contributed by atoms with Crippen molar-refractivity contribution < 1.29 is 19.4 Å². The van der Waals surface area contributed by atoms with Gasteiger partial charge in [-0.1, -0.05) is 78.3 Å². The van der Waals surface area contributed by atoms with Crippen molar-refractivity contribution in [3.63, 3.8) is 0 Å². The summed E-state index contributed by atoms with van der Waals surface area (Å²) in [6, 6.07) is 22.7. The largest absolute Gasteiger partial charge is 0.481 e. The van der Waals surface area contributed by atoms with Gasteiger partial charge in [-0.25, -0.2) is 4.79 Å². The fourth-order valence-corrected chi connectivity index (χ4v) is 4.33. The predicted molar refractivity (Wildman–Crippen MR) is 119 cm³/mol. The maximum absolute atomic E-state index is 12.5. The number of fused-ring (bicyclic) bond motifs is 3. The third-order valence-corrected chi connectivity index (χ3v) is 5.88. The Kier molecular flexibility index (Phi) is 6.23. The molecule has 1 aliphatic rings. The zero-order chi connectivity index (χ0) is 21.8. The number of carboxylic acids is 1. The number of nitrogens with one attached hydrogen (secondary N) is 1. The molecule has 0 unspecified atom stereocenters. The maximum Gasteiger partial charge on any atom is 0.407 e. The number of alkyl carbamates (subject to hydrolysis) is 1. The first-order valence-electron chi connectivity index (χ1n) is 10.1. The smallest absolute Gasteiger partial charge is 0.407 e. The van der Waals surface area contributed by atoms with Crippen molar-refractivity contribution in [1.29, 1.82) is 0 Å². The zero-order valence-corrected chi connectivity index (χ0v) is 17.5. The van der Waals surface area contributed by atoms with Crippen LogP contribution >= 0.6 is 11.6 Å². The van der Waals surface area contributed by atoms with E-state index < -0.39 is 18.1 Å². The van der Waals surface area contributed by atoms with Crippen LogP contribution in [-0.2, 0) is 16.0 Å². The van der Waals surface area contributed by atoms with E-state index in [0.717, 1.165) is 27.8 Å². The molecule has 3 aromatic rings. The van der Waals surface area contributed by atoms with Gasteiger partial charge in [-0.2, -0.15) is 0 Å². The van der Waals surface area contributed by atoms with Gasteiger partial charge < -0.3 is 15.2 Å². The van der Waals surface area contributed by atoms with E-state index in [9.17, 15) is 14.7 Å². The fraction of sp³-hybridized carbons (Fsp3) is 0.200. The van der Waals surface area contributed by atoms with Crippen molar-refractivity contribution in [2.24, 2.45) is 0 Å². The lowest BCUT2D eigenvalue weighted by Gasteiger charge is -2.19. The molecule has 1 aliphatic carbocycles. The summed E-state index contributed by atoms with van der Waals surface area (Å²) in [7, 11) is 0. The predicted octanol–water partition coefficient (Wildman–Crippen LogP) is 5.26. The van der Waals surface area contributed by atoms with Crippen LogP contribution in [0.5, 0.6) is 0 Å². The molecule has 0 spiro atoms. The molecule has 4 rings (SSSR count). The van der Waals surface area contributed by atoms with Crippen LogP contribution in [0.2, 0.25) is 5.02 Å². The molecular weight excluding hydrogens is 414 g/mol. The Morgan fingerprint density at radius 3 is 2.13 bits per heavy atom. The van der Waals surface area contributed by atoms with Crippen molar-refractivity contribution in [1.82, 2.24) is 5.32 Å². The standard InChI is InChI=1S/C25H22ClNO4/c26-23-12-6-1-7-16(23)13-17(14-24(28)29)27-25(30)31-15-22-20-10-4-2-8-18(20)19-9-3-5-11-21(19)22/h1-12,17,22H,13-15H2,(H,27,30)(H,28,29)/t17-/m0/s1. The SMILES string of the molecule is O=C(O)C[C@H](Cc1ccccc1Cl)NC(=O)OCC1c2ccccc2-c2ccccc21. The normalized spacial score (nSPS) is 13.2. The van der Waals surface area contributed by atoms with Gasteiger partial charge in [-0.05, 0) is 40.3 Å². The van der Waals surface area contributed by atoms with E-state index in [0.29, 0.717) is 11.4 Å². The van der Waals surface area contributed by atoms with Crippen LogP contribution in [0.15, 0.2) is 72.8 Å². The van der Waals surface area contributed by atoms with Crippen molar-refractivity contribution in [2.75, 3.05) is 6.61 Å².